The molecule has 108 valence electrons. The molecule has 0 bridgehead atoms. The molecule has 1 aliphatic heterocycles. The zero-order valence-electron chi connectivity index (χ0n) is 10.5. The summed E-state index contributed by atoms with van der Waals surface area (Å²) in [6.07, 6.45) is -0.728. The van der Waals surface area contributed by atoms with Crippen LogP contribution in [-0.2, 0) is 4.74 Å². The van der Waals surface area contributed by atoms with E-state index in [2.05, 4.69) is 5.16 Å². The summed E-state index contributed by atoms with van der Waals surface area (Å²) >= 11 is 0. The number of hydrogen-bond acceptors (Lipinski definition) is 5. The number of benzene rings is 1. The first kappa shape index (κ1) is 14.1. The van der Waals surface area contributed by atoms with E-state index in [1.165, 1.54) is 4.90 Å². The Kier molecular flexibility index (Phi) is 4.04. The molecule has 0 radical (unpaired) electrons. The predicted molar refractivity (Wildman–Crippen MR) is 67.1 cm³/mol. The number of halogens is 1. The topological polar surface area (TPSA) is 108 Å². The summed E-state index contributed by atoms with van der Waals surface area (Å²) in [4.78, 5) is 13.6. The molecule has 4 N–H and O–H groups in total. The maximum Gasteiger partial charge on any atom is 0.257 e. The Labute approximate surface area is 114 Å². The van der Waals surface area contributed by atoms with Gasteiger partial charge in [-0.1, -0.05) is 5.16 Å². The van der Waals surface area contributed by atoms with Crippen molar-refractivity contribution in [2.75, 3.05) is 19.7 Å². The average molecular weight is 283 g/mol. The molecule has 1 amide bonds. The van der Waals surface area contributed by atoms with Crippen LogP contribution in [0.1, 0.15) is 10.4 Å². The van der Waals surface area contributed by atoms with Crippen molar-refractivity contribution in [2.24, 2.45) is 10.9 Å². The van der Waals surface area contributed by atoms with Gasteiger partial charge in [0, 0.05) is 6.54 Å². The molecule has 0 aromatic heterocycles. The summed E-state index contributed by atoms with van der Waals surface area (Å²) in [5.41, 5.74) is 5.30. The number of carbonyl (C=O) groups is 1. The molecule has 1 saturated heterocycles. The lowest BCUT2D eigenvalue weighted by atomic mass is 10.1. The first-order chi connectivity index (χ1) is 9.52. The summed E-state index contributed by atoms with van der Waals surface area (Å²) in [5, 5.41) is 21.1. The van der Waals surface area contributed by atoms with Gasteiger partial charge in [0.15, 0.2) is 5.84 Å². The van der Waals surface area contributed by atoms with Gasteiger partial charge in [0.25, 0.3) is 5.91 Å². The highest BCUT2D eigenvalue weighted by Gasteiger charge is 2.28. The van der Waals surface area contributed by atoms with Gasteiger partial charge >= 0.3 is 0 Å². The number of ether oxygens (including phenoxy) is 1. The minimum absolute atomic E-state index is 0.0602. The lowest BCUT2D eigenvalue weighted by molar-refractivity contribution is 0.00660. The maximum atomic E-state index is 13.2. The highest BCUT2D eigenvalue weighted by atomic mass is 19.1. The largest absolute Gasteiger partial charge is 0.507 e. The van der Waals surface area contributed by atoms with Gasteiger partial charge in [-0.25, -0.2) is 4.39 Å². The van der Waals surface area contributed by atoms with Crippen LogP contribution in [0.15, 0.2) is 23.4 Å². The first-order valence-corrected chi connectivity index (χ1v) is 5.89. The van der Waals surface area contributed by atoms with Crippen molar-refractivity contribution in [1.82, 2.24) is 4.90 Å². The molecule has 1 fully saturated rings. The number of nitrogens with two attached hydrogens (primary N) is 1. The molecule has 8 heteroatoms. The second-order valence-corrected chi connectivity index (χ2v) is 4.30. The minimum Gasteiger partial charge on any atom is -0.507 e. The van der Waals surface area contributed by atoms with Gasteiger partial charge in [-0.3, -0.25) is 4.79 Å². The van der Waals surface area contributed by atoms with Crippen LogP contribution in [0.4, 0.5) is 4.39 Å². The molecule has 0 aliphatic carbocycles. The van der Waals surface area contributed by atoms with Crippen LogP contribution in [0.25, 0.3) is 0 Å². The Morgan fingerprint density at radius 3 is 3.00 bits per heavy atom. The molecule has 1 heterocycles. The van der Waals surface area contributed by atoms with E-state index in [0.717, 1.165) is 18.2 Å². The van der Waals surface area contributed by atoms with Crippen LogP contribution >= 0.6 is 0 Å². The average Bonchev–Trinajstić information content (AvgIpc) is 2.48. The molecule has 1 aromatic rings. The van der Waals surface area contributed by atoms with Crippen molar-refractivity contribution in [3.8, 4) is 5.75 Å². The number of phenolic OH excluding ortho intramolecular Hbond substituents is 1. The Hall–Kier alpha value is -2.35. The number of amides is 1. The Bertz CT molecular complexity index is 550. The molecule has 1 aliphatic rings. The molecular formula is C12H14FN3O4. The number of carbonyl (C=O) groups excluding carboxylic acids is 1. The highest BCUT2D eigenvalue weighted by Crippen LogP contribution is 2.21. The monoisotopic (exact) mass is 283 g/mol. The van der Waals surface area contributed by atoms with Gasteiger partial charge in [-0.15, -0.1) is 0 Å². The van der Waals surface area contributed by atoms with Gasteiger partial charge in [0.2, 0.25) is 0 Å². The van der Waals surface area contributed by atoms with E-state index in [-0.39, 0.29) is 36.8 Å². The summed E-state index contributed by atoms with van der Waals surface area (Å²) in [6, 6.07) is 3.14. The van der Waals surface area contributed by atoms with Crippen LogP contribution in [0.5, 0.6) is 5.75 Å². The van der Waals surface area contributed by atoms with Gasteiger partial charge in [0.1, 0.15) is 17.7 Å². The quantitative estimate of drug-likeness (QED) is 0.309. The van der Waals surface area contributed by atoms with Crippen LogP contribution in [-0.4, -0.2) is 52.8 Å². The third kappa shape index (κ3) is 2.80. The number of morpholine rings is 1. The Balaban J connectivity index is 2.18. The van der Waals surface area contributed by atoms with E-state index in [9.17, 15) is 14.3 Å². The number of nitrogens with zero attached hydrogens (tertiary/aromatic N) is 2. The van der Waals surface area contributed by atoms with Crippen molar-refractivity contribution < 1.29 is 24.2 Å². The van der Waals surface area contributed by atoms with E-state index in [4.69, 9.17) is 15.7 Å². The molecule has 1 atom stereocenters. The van der Waals surface area contributed by atoms with E-state index in [0.29, 0.717) is 0 Å². The number of aromatic hydroxyl groups is 1. The summed E-state index contributed by atoms with van der Waals surface area (Å²) < 4.78 is 18.4. The molecule has 0 spiro atoms. The molecule has 7 nitrogen and oxygen atoms in total. The molecule has 20 heavy (non-hydrogen) atoms. The number of hydrogen-bond donors (Lipinski definition) is 3. The lowest BCUT2D eigenvalue weighted by Gasteiger charge is -2.32. The maximum absolute atomic E-state index is 13.2. The molecule has 2 rings (SSSR count). The van der Waals surface area contributed by atoms with Crippen molar-refractivity contribution in [3.05, 3.63) is 29.6 Å². The zero-order chi connectivity index (χ0) is 14.7. The van der Waals surface area contributed by atoms with Crippen molar-refractivity contribution in [3.63, 3.8) is 0 Å². The normalized spacial score (nSPS) is 19.9. The molecule has 0 saturated carbocycles. The van der Waals surface area contributed by atoms with E-state index < -0.39 is 17.8 Å². The predicted octanol–water partition coefficient (Wildman–Crippen LogP) is 0.119. The fourth-order valence-electron chi connectivity index (χ4n) is 1.93. The number of phenols is 1. The van der Waals surface area contributed by atoms with E-state index >= 15 is 0 Å². The second kappa shape index (κ2) is 5.74. The number of rotatable bonds is 2. The summed E-state index contributed by atoms with van der Waals surface area (Å²) in [7, 11) is 0. The van der Waals surface area contributed by atoms with Crippen molar-refractivity contribution in [1.29, 1.82) is 0 Å². The number of oxime groups is 1. The van der Waals surface area contributed by atoms with Crippen LogP contribution in [0, 0.1) is 5.82 Å². The van der Waals surface area contributed by atoms with Crippen molar-refractivity contribution >= 4 is 11.7 Å². The zero-order valence-corrected chi connectivity index (χ0v) is 10.5. The van der Waals surface area contributed by atoms with Gasteiger partial charge in [-0.05, 0) is 18.2 Å². The Morgan fingerprint density at radius 2 is 2.30 bits per heavy atom. The first-order valence-electron chi connectivity index (χ1n) is 5.89. The van der Waals surface area contributed by atoms with Gasteiger partial charge in [0.05, 0.1) is 18.7 Å². The fraction of sp³-hybridized carbons (Fsp3) is 0.333. The SMILES string of the molecule is N/C(=N/O)C1CN(C(=O)c2cc(F)ccc2O)CCO1. The molecule has 1 aromatic carbocycles. The third-order valence-electron chi connectivity index (χ3n) is 2.99. The van der Waals surface area contributed by atoms with Crippen LogP contribution < -0.4 is 5.73 Å². The fourth-order valence-corrected chi connectivity index (χ4v) is 1.93. The standard InChI is InChI=1S/C12H14FN3O4/c13-7-1-2-9(17)8(5-7)12(18)16-3-4-20-10(6-16)11(14)15-19/h1-2,5,10,17,19H,3-4,6H2,(H2,14,15). The lowest BCUT2D eigenvalue weighted by Crippen LogP contribution is -2.50. The summed E-state index contributed by atoms with van der Waals surface area (Å²) in [6.45, 7) is 0.525. The highest BCUT2D eigenvalue weighted by molar-refractivity contribution is 5.97. The minimum atomic E-state index is -0.728. The number of amidine groups is 1. The Morgan fingerprint density at radius 1 is 1.55 bits per heavy atom. The van der Waals surface area contributed by atoms with Crippen LogP contribution in [0.3, 0.4) is 0 Å². The van der Waals surface area contributed by atoms with E-state index in [1.54, 1.807) is 0 Å². The van der Waals surface area contributed by atoms with Gasteiger partial charge < -0.3 is 25.7 Å². The van der Waals surface area contributed by atoms with Crippen LogP contribution in [0.2, 0.25) is 0 Å². The smallest absolute Gasteiger partial charge is 0.257 e. The molecule has 1 unspecified atom stereocenters. The summed E-state index contributed by atoms with van der Waals surface area (Å²) in [5.74, 6) is -1.61. The van der Waals surface area contributed by atoms with Gasteiger partial charge in [-0.2, -0.15) is 0 Å². The second-order valence-electron chi connectivity index (χ2n) is 4.30. The van der Waals surface area contributed by atoms with E-state index in [1.807, 2.05) is 0 Å². The molecular weight excluding hydrogens is 269 g/mol. The third-order valence-corrected chi connectivity index (χ3v) is 2.99. The van der Waals surface area contributed by atoms with Crippen molar-refractivity contribution in [2.45, 2.75) is 6.10 Å².